The summed E-state index contributed by atoms with van der Waals surface area (Å²) < 4.78 is 6.84. The van der Waals surface area contributed by atoms with Crippen LogP contribution in [0.1, 0.15) is 34.1 Å². The fraction of sp³-hybridized carbons (Fsp3) is 0.278. The molecule has 2 aliphatic heterocycles. The Morgan fingerprint density at radius 1 is 1.26 bits per heavy atom. The van der Waals surface area contributed by atoms with Crippen molar-refractivity contribution in [3.8, 4) is 0 Å². The number of cyclic esters (lactones) is 1. The minimum atomic E-state index is -0.466. The number of carbonyl (C=O) groups is 2. The number of hydrogen-bond donors (Lipinski definition) is 1. The van der Waals surface area contributed by atoms with Gasteiger partial charge in [-0.05, 0) is 25.0 Å². The molecule has 3 aromatic rings. The van der Waals surface area contributed by atoms with Gasteiger partial charge in [0, 0.05) is 30.2 Å². The van der Waals surface area contributed by atoms with Crippen LogP contribution in [0.25, 0.3) is 5.65 Å². The predicted molar refractivity (Wildman–Crippen MR) is 94.4 cm³/mol. The van der Waals surface area contributed by atoms with E-state index in [-0.39, 0.29) is 18.6 Å². The van der Waals surface area contributed by atoms with E-state index in [1.165, 1.54) is 15.6 Å². The molecular weight excluding hydrogens is 348 g/mol. The van der Waals surface area contributed by atoms with Crippen molar-refractivity contribution >= 4 is 23.5 Å². The zero-order chi connectivity index (χ0) is 18.4. The third-order valence-electron chi connectivity index (χ3n) is 4.88. The molecule has 0 aromatic carbocycles. The minimum Gasteiger partial charge on any atom is -0.447 e. The van der Waals surface area contributed by atoms with Crippen molar-refractivity contribution in [2.45, 2.75) is 18.9 Å². The fourth-order valence-corrected chi connectivity index (χ4v) is 3.57. The lowest BCUT2D eigenvalue weighted by Crippen LogP contribution is -2.29. The lowest BCUT2D eigenvalue weighted by molar-refractivity contribution is 0.0954. The van der Waals surface area contributed by atoms with Gasteiger partial charge in [-0.3, -0.25) is 14.7 Å². The van der Waals surface area contributed by atoms with E-state index in [4.69, 9.17) is 4.74 Å². The monoisotopic (exact) mass is 364 g/mol. The lowest BCUT2D eigenvalue weighted by Gasteiger charge is -2.22. The summed E-state index contributed by atoms with van der Waals surface area (Å²) in [6.07, 6.45) is 5.85. The first kappa shape index (κ1) is 15.7. The van der Waals surface area contributed by atoms with Gasteiger partial charge in [0.2, 0.25) is 0 Å². The fourth-order valence-electron chi connectivity index (χ4n) is 3.57. The number of carbonyl (C=O) groups excluding carboxylic acids is 2. The largest absolute Gasteiger partial charge is 0.447 e. The number of hydrogen-bond acceptors (Lipinski definition) is 6. The van der Waals surface area contributed by atoms with Crippen LogP contribution in [-0.2, 0) is 11.2 Å². The molecule has 2 amide bonds. The number of nitrogens with zero attached hydrogens (tertiary/aromatic N) is 5. The Hall–Kier alpha value is -3.49. The Kier molecular flexibility index (Phi) is 3.52. The molecule has 0 spiro atoms. The van der Waals surface area contributed by atoms with Crippen LogP contribution in [0.5, 0.6) is 0 Å². The van der Waals surface area contributed by atoms with E-state index < -0.39 is 6.09 Å². The van der Waals surface area contributed by atoms with Gasteiger partial charge in [-0.15, -0.1) is 0 Å². The van der Waals surface area contributed by atoms with E-state index in [2.05, 4.69) is 20.4 Å². The first-order valence-corrected chi connectivity index (χ1v) is 8.75. The molecule has 136 valence electrons. The molecule has 5 heterocycles. The molecule has 0 saturated carbocycles. The van der Waals surface area contributed by atoms with E-state index in [1.807, 2.05) is 12.1 Å². The van der Waals surface area contributed by atoms with Crippen molar-refractivity contribution in [1.82, 2.24) is 24.9 Å². The SMILES string of the molecule is O=C1NCCCc2ncccc2[C@H]2COC(=O)N2c2ccn3ncc1c3n2. The van der Waals surface area contributed by atoms with Gasteiger partial charge < -0.3 is 10.1 Å². The maximum Gasteiger partial charge on any atom is 0.416 e. The van der Waals surface area contributed by atoms with E-state index in [9.17, 15) is 9.59 Å². The van der Waals surface area contributed by atoms with Crippen molar-refractivity contribution in [3.05, 3.63) is 53.6 Å². The molecule has 1 atom stereocenters. The van der Waals surface area contributed by atoms with Crippen LogP contribution in [-0.4, -0.2) is 44.7 Å². The number of amides is 2. The summed E-state index contributed by atoms with van der Waals surface area (Å²) in [6, 6.07) is 5.19. The van der Waals surface area contributed by atoms with Crippen molar-refractivity contribution in [2.24, 2.45) is 0 Å². The highest BCUT2D eigenvalue weighted by molar-refractivity contribution is 6.00. The van der Waals surface area contributed by atoms with Crippen LogP contribution in [0.4, 0.5) is 10.6 Å². The molecular formula is C18H16N6O3. The summed E-state index contributed by atoms with van der Waals surface area (Å²) in [5.41, 5.74) is 2.60. The zero-order valence-electron chi connectivity index (χ0n) is 14.3. The van der Waals surface area contributed by atoms with E-state index in [1.54, 1.807) is 18.5 Å². The van der Waals surface area contributed by atoms with Crippen LogP contribution in [0.3, 0.4) is 0 Å². The average molecular weight is 364 g/mol. The van der Waals surface area contributed by atoms with Gasteiger partial charge in [0.15, 0.2) is 5.65 Å². The molecule has 5 rings (SSSR count). The minimum absolute atomic E-state index is 0.230. The zero-order valence-corrected chi connectivity index (χ0v) is 14.3. The van der Waals surface area contributed by atoms with Crippen LogP contribution < -0.4 is 10.2 Å². The molecule has 9 nitrogen and oxygen atoms in total. The van der Waals surface area contributed by atoms with Gasteiger partial charge in [-0.2, -0.15) is 5.10 Å². The quantitative estimate of drug-likeness (QED) is 0.649. The summed E-state index contributed by atoms with van der Waals surface area (Å²) in [4.78, 5) is 35.5. The van der Waals surface area contributed by atoms with Crippen molar-refractivity contribution in [3.63, 3.8) is 0 Å². The molecule has 2 aliphatic rings. The third kappa shape index (κ3) is 2.50. The number of ether oxygens (including phenoxy) is 1. The molecule has 1 N–H and O–H groups in total. The van der Waals surface area contributed by atoms with Crippen molar-refractivity contribution in [1.29, 1.82) is 0 Å². The average Bonchev–Trinajstić information content (AvgIpc) is 3.27. The predicted octanol–water partition coefficient (Wildman–Crippen LogP) is 1.50. The second-order valence-electron chi connectivity index (χ2n) is 6.47. The van der Waals surface area contributed by atoms with Gasteiger partial charge in [0.05, 0.1) is 6.20 Å². The number of anilines is 1. The summed E-state index contributed by atoms with van der Waals surface area (Å²) in [6.45, 7) is 0.739. The van der Waals surface area contributed by atoms with Crippen molar-refractivity contribution < 1.29 is 14.3 Å². The Morgan fingerprint density at radius 2 is 2.19 bits per heavy atom. The first-order chi connectivity index (χ1) is 13.2. The van der Waals surface area contributed by atoms with Gasteiger partial charge in [0.1, 0.15) is 24.0 Å². The number of fused-ring (bicyclic) bond motifs is 5. The number of aromatic nitrogens is 4. The van der Waals surface area contributed by atoms with Crippen molar-refractivity contribution in [2.75, 3.05) is 18.1 Å². The highest BCUT2D eigenvalue weighted by Crippen LogP contribution is 2.33. The van der Waals surface area contributed by atoms with Gasteiger partial charge in [-0.25, -0.2) is 14.3 Å². The summed E-state index contributed by atoms with van der Waals surface area (Å²) in [5, 5.41) is 7.07. The standard InChI is InChI=1S/C18H16N6O3/c25-17-12-9-21-23-8-5-15(22-16(12)23)24-14(10-27-18(24)26)11-3-1-6-19-13(11)4-2-7-20-17/h1,3,5-6,8-9,14H,2,4,7,10H2,(H,20,25)/t14-/m1/s1. The number of pyridine rings is 1. The first-order valence-electron chi connectivity index (χ1n) is 8.75. The van der Waals surface area contributed by atoms with Gasteiger partial charge in [-0.1, -0.05) is 6.07 Å². The molecule has 27 heavy (non-hydrogen) atoms. The van der Waals surface area contributed by atoms with E-state index in [0.717, 1.165) is 17.7 Å². The molecule has 1 saturated heterocycles. The molecule has 2 bridgehead atoms. The van der Waals surface area contributed by atoms with E-state index >= 15 is 0 Å². The maximum absolute atomic E-state index is 12.5. The Morgan fingerprint density at radius 3 is 3.11 bits per heavy atom. The van der Waals surface area contributed by atoms with Crippen LogP contribution in [0, 0.1) is 0 Å². The Bertz CT molecular complexity index is 1060. The Labute approximate surface area is 154 Å². The second kappa shape index (κ2) is 6.04. The second-order valence-corrected chi connectivity index (χ2v) is 6.47. The summed E-state index contributed by atoms with van der Waals surface area (Å²) in [7, 11) is 0. The van der Waals surface area contributed by atoms with Crippen LogP contribution in [0.2, 0.25) is 0 Å². The summed E-state index contributed by atoms with van der Waals surface area (Å²) in [5.74, 6) is 0.175. The maximum atomic E-state index is 12.5. The molecule has 9 heteroatoms. The number of rotatable bonds is 0. The highest BCUT2D eigenvalue weighted by Gasteiger charge is 2.38. The van der Waals surface area contributed by atoms with Crippen LogP contribution >= 0.6 is 0 Å². The molecule has 0 radical (unpaired) electrons. The van der Waals surface area contributed by atoms with E-state index in [0.29, 0.717) is 30.0 Å². The Balaban J connectivity index is 1.71. The smallest absolute Gasteiger partial charge is 0.416 e. The third-order valence-corrected chi connectivity index (χ3v) is 4.88. The van der Waals surface area contributed by atoms with Gasteiger partial charge >= 0.3 is 6.09 Å². The molecule has 0 aliphatic carbocycles. The molecule has 0 unspecified atom stereocenters. The number of nitrogens with one attached hydrogen (secondary N) is 1. The number of aryl methyl sites for hydroxylation is 1. The highest BCUT2D eigenvalue weighted by atomic mass is 16.6. The topological polar surface area (TPSA) is 102 Å². The summed E-state index contributed by atoms with van der Waals surface area (Å²) >= 11 is 0. The van der Waals surface area contributed by atoms with Gasteiger partial charge in [0.25, 0.3) is 5.91 Å². The molecule has 1 fully saturated rings. The van der Waals surface area contributed by atoms with Crippen LogP contribution in [0.15, 0.2) is 36.8 Å². The lowest BCUT2D eigenvalue weighted by atomic mass is 10.0. The molecule has 3 aromatic heterocycles. The normalized spacial score (nSPS) is 19.6.